The van der Waals surface area contributed by atoms with Crippen molar-refractivity contribution in [1.82, 2.24) is 10.8 Å². The van der Waals surface area contributed by atoms with Gasteiger partial charge in [0.1, 0.15) is 13.2 Å². The normalized spacial score (nSPS) is 12.4. The molecule has 0 heterocycles. The zero-order chi connectivity index (χ0) is 22.1. The molecule has 0 aliphatic rings. The highest BCUT2D eigenvalue weighted by atomic mass is 16.6. The van der Waals surface area contributed by atoms with Crippen molar-refractivity contribution in [1.29, 1.82) is 0 Å². The first-order valence-electron chi connectivity index (χ1n) is 8.86. The number of hydrogen-bond acceptors (Lipinski definition) is 7. The van der Waals surface area contributed by atoms with Crippen molar-refractivity contribution in [3.8, 4) is 11.8 Å². The molecule has 2 aromatic rings. The van der Waals surface area contributed by atoms with Crippen LogP contribution in [0.3, 0.4) is 0 Å². The molecule has 2 rings (SSSR count). The van der Waals surface area contributed by atoms with E-state index in [9.17, 15) is 14.7 Å². The lowest BCUT2D eigenvalue weighted by molar-refractivity contribution is -0.133. The number of benzene rings is 2. The van der Waals surface area contributed by atoms with Crippen LogP contribution in [-0.4, -0.2) is 47.6 Å². The van der Waals surface area contributed by atoms with Crippen LogP contribution in [-0.2, 0) is 9.63 Å². The Morgan fingerprint density at radius 2 is 1.80 bits per heavy atom. The van der Waals surface area contributed by atoms with E-state index < -0.39 is 24.0 Å². The maximum Gasteiger partial charge on any atom is 0.268 e. The van der Waals surface area contributed by atoms with Crippen LogP contribution in [0.5, 0.6) is 0 Å². The van der Waals surface area contributed by atoms with Gasteiger partial charge in [-0.05, 0) is 42.8 Å². The summed E-state index contributed by atoms with van der Waals surface area (Å²) in [6, 6.07) is 10.6. The fourth-order valence-corrected chi connectivity index (χ4v) is 2.45. The third-order valence-corrected chi connectivity index (χ3v) is 4.03. The molecule has 2 aromatic carbocycles. The summed E-state index contributed by atoms with van der Waals surface area (Å²) in [5, 5.41) is 24.3. The van der Waals surface area contributed by atoms with Gasteiger partial charge in [0.2, 0.25) is 0 Å². The van der Waals surface area contributed by atoms with Crippen LogP contribution < -0.4 is 16.5 Å². The highest BCUT2D eigenvalue weighted by Crippen LogP contribution is 2.14. The molecular formula is C21H22N4O5. The van der Waals surface area contributed by atoms with E-state index in [1.54, 1.807) is 12.3 Å². The minimum absolute atomic E-state index is 0.110. The van der Waals surface area contributed by atoms with Gasteiger partial charge in [0, 0.05) is 16.8 Å². The Hall–Kier alpha value is -3.87. The molecule has 156 valence electrons. The summed E-state index contributed by atoms with van der Waals surface area (Å²) in [7, 11) is 1.47. The molecule has 30 heavy (non-hydrogen) atoms. The number of aliphatic hydroxyl groups is 1. The van der Waals surface area contributed by atoms with Gasteiger partial charge in [-0.3, -0.25) is 14.8 Å². The van der Waals surface area contributed by atoms with E-state index in [2.05, 4.69) is 27.2 Å². The second-order valence-electron chi connectivity index (χ2n) is 6.26. The average molecular weight is 410 g/mol. The third kappa shape index (κ3) is 6.07. The van der Waals surface area contributed by atoms with E-state index in [4.69, 9.17) is 10.9 Å². The number of amides is 2. The number of nitrogen functional groups attached to an aromatic ring is 1. The number of nitrogens with zero attached hydrogens (tertiary/aromatic N) is 1. The standard InChI is InChI=1S/C21H22N4O5/c1-13(26)19(21(28)25-29)24-20(27)17-10-9-15(11-18(17)22)6-3-14-4-7-16(8-5-14)12-23-30-2/h4-5,7-13,19,26,29H,22H2,1-2H3,(H,24,27)(H,25,28)/b23-12+/t13-,19+/m1/s1. The van der Waals surface area contributed by atoms with Crippen LogP contribution in [0.25, 0.3) is 0 Å². The summed E-state index contributed by atoms with van der Waals surface area (Å²) in [5.41, 5.74) is 9.85. The number of aliphatic hydroxyl groups excluding tert-OH is 1. The predicted molar refractivity (Wildman–Crippen MR) is 111 cm³/mol. The molecule has 0 aromatic heterocycles. The summed E-state index contributed by atoms with van der Waals surface area (Å²) in [6.07, 6.45) is 0.355. The Morgan fingerprint density at radius 3 is 2.37 bits per heavy atom. The van der Waals surface area contributed by atoms with Gasteiger partial charge in [0.05, 0.1) is 17.9 Å². The molecule has 0 aliphatic heterocycles. The minimum Gasteiger partial charge on any atom is -0.399 e. The van der Waals surface area contributed by atoms with Gasteiger partial charge in [0.15, 0.2) is 0 Å². The smallest absolute Gasteiger partial charge is 0.268 e. The summed E-state index contributed by atoms with van der Waals surface area (Å²) in [5.74, 6) is 4.34. The lowest BCUT2D eigenvalue weighted by atomic mass is 10.1. The molecule has 0 saturated carbocycles. The second kappa shape index (κ2) is 10.6. The van der Waals surface area contributed by atoms with Crippen molar-refractivity contribution >= 4 is 23.7 Å². The Morgan fingerprint density at radius 1 is 1.17 bits per heavy atom. The van der Waals surface area contributed by atoms with Crippen molar-refractivity contribution in [2.24, 2.45) is 5.16 Å². The molecule has 2 atom stereocenters. The molecule has 0 fully saturated rings. The molecular weight excluding hydrogens is 388 g/mol. The minimum atomic E-state index is -1.33. The number of hydroxylamine groups is 1. The SMILES string of the molecule is CO/N=C/c1ccc(C#Cc2ccc(C(=O)N[C@H](C(=O)NO)[C@@H](C)O)c(N)c2)cc1. The first kappa shape index (κ1) is 22.4. The van der Waals surface area contributed by atoms with E-state index in [-0.39, 0.29) is 11.3 Å². The molecule has 9 heteroatoms. The molecule has 6 N–H and O–H groups in total. The lowest BCUT2D eigenvalue weighted by Gasteiger charge is -2.19. The number of hydrogen-bond donors (Lipinski definition) is 5. The van der Waals surface area contributed by atoms with E-state index >= 15 is 0 Å². The second-order valence-corrected chi connectivity index (χ2v) is 6.26. The maximum atomic E-state index is 12.4. The zero-order valence-electron chi connectivity index (χ0n) is 16.4. The van der Waals surface area contributed by atoms with Gasteiger partial charge in [0.25, 0.3) is 11.8 Å². The monoisotopic (exact) mass is 410 g/mol. The largest absolute Gasteiger partial charge is 0.399 e. The third-order valence-electron chi connectivity index (χ3n) is 4.03. The van der Waals surface area contributed by atoms with Crippen molar-refractivity contribution in [3.63, 3.8) is 0 Å². The summed E-state index contributed by atoms with van der Waals surface area (Å²) in [4.78, 5) is 28.6. The van der Waals surface area contributed by atoms with E-state index in [0.29, 0.717) is 5.56 Å². The Kier molecular flexibility index (Phi) is 7.93. The molecule has 0 saturated heterocycles. The number of nitrogens with two attached hydrogens (primary N) is 1. The van der Waals surface area contributed by atoms with Crippen LogP contribution in [0.1, 0.15) is 34.0 Å². The maximum absolute atomic E-state index is 12.4. The van der Waals surface area contributed by atoms with Gasteiger partial charge in [-0.15, -0.1) is 0 Å². The molecule has 0 spiro atoms. The van der Waals surface area contributed by atoms with Gasteiger partial charge >= 0.3 is 0 Å². The van der Waals surface area contributed by atoms with Crippen LogP contribution in [0.15, 0.2) is 47.6 Å². The fraction of sp³-hybridized carbons (Fsp3) is 0.190. The number of oxime groups is 1. The summed E-state index contributed by atoms with van der Waals surface area (Å²) >= 11 is 0. The van der Waals surface area contributed by atoms with Gasteiger partial charge in [-0.2, -0.15) is 0 Å². The zero-order valence-corrected chi connectivity index (χ0v) is 16.4. The number of rotatable bonds is 6. The number of anilines is 1. The molecule has 9 nitrogen and oxygen atoms in total. The van der Waals surface area contributed by atoms with Crippen molar-refractivity contribution in [2.75, 3.05) is 12.8 Å². The van der Waals surface area contributed by atoms with Crippen LogP contribution in [0.2, 0.25) is 0 Å². The first-order chi connectivity index (χ1) is 14.3. The summed E-state index contributed by atoms with van der Waals surface area (Å²) < 4.78 is 0. The molecule has 0 aliphatic carbocycles. The first-order valence-corrected chi connectivity index (χ1v) is 8.86. The summed E-state index contributed by atoms with van der Waals surface area (Å²) in [6.45, 7) is 1.30. The van der Waals surface area contributed by atoms with E-state index in [0.717, 1.165) is 11.1 Å². The Balaban J connectivity index is 2.14. The van der Waals surface area contributed by atoms with Crippen molar-refractivity contribution < 1.29 is 24.7 Å². The highest BCUT2D eigenvalue weighted by molar-refractivity contribution is 6.01. The topological polar surface area (TPSA) is 146 Å². The molecule has 0 unspecified atom stereocenters. The van der Waals surface area contributed by atoms with Crippen LogP contribution >= 0.6 is 0 Å². The van der Waals surface area contributed by atoms with Gasteiger partial charge < -0.3 is 21.0 Å². The van der Waals surface area contributed by atoms with E-state index in [1.165, 1.54) is 31.6 Å². The predicted octanol–water partition coefficient (Wildman–Crippen LogP) is 0.634. The Bertz CT molecular complexity index is 991. The number of carbonyl (C=O) groups is 2. The molecule has 0 radical (unpaired) electrons. The van der Waals surface area contributed by atoms with Crippen LogP contribution in [0.4, 0.5) is 5.69 Å². The van der Waals surface area contributed by atoms with Crippen molar-refractivity contribution in [2.45, 2.75) is 19.1 Å². The van der Waals surface area contributed by atoms with Crippen molar-refractivity contribution in [3.05, 3.63) is 64.7 Å². The molecule has 2 amide bonds. The number of carbonyl (C=O) groups excluding carboxylic acids is 2. The molecule has 0 bridgehead atoms. The fourth-order valence-electron chi connectivity index (χ4n) is 2.45. The van der Waals surface area contributed by atoms with Gasteiger partial charge in [-0.1, -0.05) is 29.1 Å². The number of nitrogens with one attached hydrogen (secondary N) is 2. The van der Waals surface area contributed by atoms with Crippen LogP contribution in [0, 0.1) is 11.8 Å². The Labute approximate surface area is 173 Å². The lowest BCUT2D eigenvalue weighted by Crippen LogP contribution is -2.51. The highest BCUT2D eigenvalue weighted by Gasteiger charge is 2.26. The average Bonchev–Trinajstić information content (AvgIpc) is 2.74. The van der Waals surface area contributed by atoms with E-state index in [1.807, 2.05) is 24.3 Å². The quantitative estimate of drug-likeness (QED) is 0.155. The van der Waals surface area contributed by atoms with Gasteiger partial charge in [-0.25, -0.2) is 5.48 Å².